The summed E-state index contributed by atoms with van der Waals surface area (Å²) in [4.78, 5) is 12.0. The molecule has 0 saturated heterocycles. The molecule has 1 unspecified atom stereocenters. The summed E-state index contributed by atoms with van der Waals surface area (Å²) in [5, 5.41) is 10.3. The highest BCUT2D eigenvalue weighted by Gasteiger charge is 2.20. The van der Waals surface area contributed by atoms with E-state index in [0.717, 1.165) is 0 Å². The lowest BCUT2D eigenvalue weighted by Gasteiger charge is -2.10. The van der Waals surface area contributed by atoms with Gasteiger partial charge in [0, 0.05) is 5.56 Å². The Labute approximate surface area is 104 Å². The molecule has 0 saturated carbocycles. The molecule has 0 bridgehead atoms. The van der Waals surface area contributed by atoms with Gasteiger partial charge in [-0.15, -0.1) is 0 Å². The van der Waals surface area contributed by atoms with E-state index in [-0.39, 0.29) is 5.78 Å². The van der Waals surface area contributed by atoms with Gasteiger partial charge in [0.05, 0.1) is 5.02 Å². The van der Waals surface area contributed by atoms with E-state index in [4.69, 9.17) is 11.6 Å². The van der Waals surface area contributed by atoms with Crippen molar-refractivity contribution in [1.82, 2.24) is 0 Å². The number of carbonyl (C=O) groups excluding carboxylic acids is 1. The summed E-state index contributed by atoms with van der Waals surface area (Å²) < 4.78 is 0. The number of hydrogen-bond acceptors (Lipinski definition) is 2. The Kier molecular flexibility index (Phi) is 3.57. The van der Waals surface area contributed by atoms with E-state index in [1.54, 1.807) is 48.5 Å². The molecule has 3 heteroatoms. The molecule has 0 spiro atoms. The molecule has 2 aromatic rings. The van der Waals surface area contributed by atoms with Crippen molar-refractivity contribution in [2.45, 2.75) is 6.10 Å². The molecule has 1 atom stereocenters. The maximum Gasteiger partial charge on any atom is 0.197 e. The number of hydrogen-bond donors (Lipinski definition) is 1. The highest BCUT2D eigenvalue weighted by molar-refractivity contribution is 6.34. The number of aliphatic hydroxyl groups is 1. The van der Waals surface area contributed by atoms with E-state index in [2.05, 4.69) is 0 Å². The molecule has 86 valence electrons. The topological polar surface area (TPSA) is 37.3 Å². The summed E-state index contributed by atoms with van der Waals surface area (Å²) >= 11 is 5.92. The molecule has 2 rings (SSSR count). The molecular formula is C14H11ClO2. The van der Waals surface area contributed by atoms with Gasteiger partial charge in [0.25, 0.3) is 0 Å². The molecule has 0 aliphatic heterocycles. The first-order valence-corrected chi connectivity index (χ1v) is 5.59. The van der Waals surface area contributed by atoms with Crippen LogP contribution in [0.4, 0.5) is 0 Å². The second-order valence-electron chi connectivity index (χ2n) is 3.66. The van der Waals surface area contributed by atoms with E-state index in [9.17, 15) is 9.90 Å². The van der Waals surface area contributed by atoms with Gasteiger partial charge in [0.2, 0.25) is 0 Å². The van der Waals surface area contributed by atoms with Crippen molar-refractivity contribution in [3.8, 4) is 0 Å². The average molecular weight is 247 g/mol. The van der Waals surface area contributed by atoms with E-state index < -0.39 is 6.10 Å². The minimum absolute atomic E-state index is 0.338. The summed E-state index contributed by atoms with van der Waals surface area (Å²) in [5.74, 6) is -0.387. The predicted octanol–water partition coefficient (Wildman–Crippen LogP) is 3.26. The summed E-state index contributed by atoms with van der Waals surface area (Å²) in [6.45, 7) is 0. The SMILES string of the molecule is O=C(c1ccccc1Cl)C(O)c1ccccc1. The molecule has 0 aliphatic rings. The first-order valence-electron chi connectivity index (χ1n) is 5.22. The normalized spacial score (nSPS) is 12.1. The lowest BCUT2D eigenvalue weighted by molar-refractivity contribution is 0.0747. The lowest BCUT2D eigenvalue weighted by Crippen LogP contribution is -2.12. The van der Waals surface area contributed by atoms with Gasteiger partial charge >= 0.3 is 0 Å². The van der Waals surface area contributed by atoms with Crippen LogP contribution in [0.1, 0.15) is 22.0 Å². The lowest BCUT2D eigenvalue weighted by atomic mass is 10.0. The third-order valence-corrected chi connectivity index (χ3v) is 2.83. The van der Waals surface area contributed by atoms with Crippen LogP contribution in [0.5, 0.6) is 0 Å². The number of aliphatic hydroxyl groups excluding tert-OH is 1. The number of halogens is 1. The van der Waals surface area contributed by atoms with E-state index in [0.29, 0.717) is 16.1 Å². The average Bonchev–Trinajstić information content (AvgIpc) is 2.39. The molecular weight excluding hydrogens is 236 g/mol. The summed E-state index contributed by atoms with van der Waals surface area (Å²) in [5.41, 5.74) is 0.905. The number of rotatable bonds is 3. The fourth-order valence-corrected chi connectivity index (χ4v) is 1.82. The number of ketones is 1. The Morgan fingerprint density at radius 1 is 1.00 bits per heavy atom. The zero-order valence-electron chi connectivity index (χ0n) is 9.01. The van der Waals surface area contributed by atoms with Gasteiger partial charge in [-0.25, -0.2) is 0 Å². The number of carbonyl (C=O) groups is 1. The monoisotopic (exact) mass is 246 g/mol. The predicted molar refractivity (Wildman–Crippen MR) is 67.2 cm³/mol. The van der Waals surface area contributed by atoms with Crippen LogP contribution in [0.3, 0.4) is 0 Å². The fourth-order valence-electron chi connectivity index (χ4n) is 1.60. The van der Waals surface area contributed by atoms with Crippen molar-refractivity contribution in [3.63, 3.8) is 0 Å². The highest BCUT2D eigenvalue weighted by atomic mass is 35.5. The Bertz CT molecular complexity index is 523. The van der Waals surface area contributed by atoms with Crippen LogP contribution in [0.25, 0.3) is 0 Å². The van der Waals surface area contributed by atoms with Crippen LogP contribution >= 0.6 is 11.6 Å². The Morgan fingerprint density at radius 3 is 2.24 bits per heavy atom. The zero-order valence-corrected chi connectivity index (χ0v) is 9.76. The van der Waals surface area contributed by atoms with Crippen molar-refractivity contribution >= 4 is 17.4 Å². The first-order chi connectivity index (χ1) is 8.20. The molecule has 0 aliphatic carbocycles. The highest BCUT2D eigenvalue weighted by Crippen LogP contribution is 2.23. The van der Waals surface area contributed by atoms with Gasteiger partial charge in [-0.2, -0.15) is 0 Å². The van der Waals surface area contributed by atoms with Crippen LogP contribution in [0.15, 0.2) is 54.6 Å². The fraction of sp³-hybridized carbons (Fsp3) is 0.0714. The molecule has 1 N–H and O–H groups in total. The summed E-state index contributed by atoms with van der Waals surface area (Å²) in [7, 11) is 0. The molecule has 2 aromatic carbocycles. The molecule has 0 heterocycles. The minimum atomic E-state index is -1.17. The van der Waals surface area contributed by atoms with Gasteiger partial charge in [0.15, 0.2) is 5.78 Å². The van der Waals surface area contributed by atoms with Crippen LogP contribution in [-0.2, 0) is 0 Å². The second kappa shape index (κ2) is 5.13. The van der Waals surface area contributed by atoms with Gasteiger partial charge < -0.3 is 5.11 Å². The standard InChI is InChI=1S/C14H11ClO2/c15-12-9-5-4-8-11(12)14(17)13(16)10-6-2-1-3-7-10/h1-9,13,16H. The largest absolute Gasteiger partial charge is 0.380 e. The van der Waals surface area contributed by atoms with Crippen LogP contribution in [-0.4, -0.2) is 10.9 Å². The van der Waals surface area contributed by atoms with Gasteiger partial charge in [0.1, 0.15) is 6.10 Å². The zero-order chi connectivity index (χ0) is 12.3. The summed E-state index contributed by atoms with van der Waals surface area (Å²) in [6, 6.07) is 15.5. The third-order valence-electron chi connectivity index (χ3n) is 2.50. The Hall–Kier alpha value is -1.64. The van der Waals surface area contributed by atoms with Crippen molar-refractivity contribution in [1.29, 1.82) is 0 Å². The van der Waals surface area contributed by atoms with Gasteiger partial charge in [-0.05, 0) is 17.7 Å². The Balaban J connectivity index is 2.30. The second-order valence-corrected chi connectivity index (χ2v) is 4.06. The van der Waals surface area contributed by atoms with Crippen LogP contribution in [0.2, 0.25) is 5.02 Å². The van der Waals surface area contributed by atoms with Crippen molar-refractivity contribution in [3.05, 3.63) is 70.7 Å². The van der Waals surface area contributed by atoms with Gasteiger partial charge in [-0.3, -0.25) is 4.79 Å². The van der Waals surface area contributed by atoms with Gasteiger partial charge in [-0.1, -0.05) is 54.1 Å². The smallest absolute Gasteiger partial charge is 0.197 e. The summed E-state index contributed by atoms with van der Waals surface area (Å²) in [6.07, 6.45) is -1.17. The van der Waals surface area contributed by atoms with E-state index in [1.807, 2.05) is 6.07 Å². The maximum atomic E-state index is 12.0. The molecule has 0 fully saturated rings. The molecule has 17 heavy (non-hydrogen) atoms. The minimum Gasteiger partial charge on any atom is -0.380 e. The molecule has 2 nitrogen and oxygen atoms in total. The third kappa shape index (κ3) is 2.54. The van der Waals surface area contributed by atoms with Crippen LogP contribution in [0, 0.1) is 0 Å². The number of benzene rings is 2. The quantitative estimate of drug-likeness (QED) is 0.844. The maximum absolute atomic E-state index is 12.0. The van der Waals surface area contributed by atoms with Crippen molar-refractivity contribution < 1.29 is 9.90 Å². The van der Waals surface area contributed by atoms with E-state index in [1.165, 1.54) is 0 Å². The number of Topliss-reactive ketones (excluding diaryl/α,β-unsaturated/α-hetero) is 1. The molecule has 0 amide bonds. The Morgan fingerprint density at radius 2 is 1.59 bits per heavy atom. The molecule has 0 radical (unpaired) electrons. The van der Waals surface area contributed by atoms with E-state index >= 15 is 0 Å². The van der Waals surface area contributed by atoms with Crippen molar-refractivity contribution in [2.75, 3.05) is 0 Å². The first kappa shape index (κ1) is 11.8. The van der Waals surface area contributed by atoms with Crippen LogP contribution < -0.4 is 0 Å². The van der Waals surface area contributed by atoms with Crippen molar-refractivity contribution in [2.24, 2.45) is 0 Å². The molecule has 0 aromatic heterocycles.